The third-order valence-corrected chi connectivity index (χ3v) is 4.46. The zero-order valence-corrected chi connectivity index (χ0v) is 14.3. The van der Waals surface area contributed by atoms with Crippen molar-refractivity contribution >= 4 is 0 Å². The van der Waals surface area contributed by atoms with Crippen LogP contribution in [0.1, 0.15) is 49.9 Å². The molecule has 1 aliphatic rings. The van der Waals surface area contributed by atoms with Crippen LogP contribution >= 0.6 is 0 Å². The van der Waals surface area contributed by atoms with Gasteiger partial charge < -0.3 is 10.6 Å². The van der Waals surface area contributed by atoms with Crippen LogP contribution in [0.5, 0.6) is 0 Å². The van der Waals surface area contributed by atoms with Crippen LogP contribution in [0, 0.1) is 0 Å². The quantitative estimate of drug-likeness (QED) is 0.904. The van der Waals surface area contributed by atoms with E-state index in [1.165, 1.54) is 23.1 Å². The van der Waals surface area contributed by atoms with Gasteiger partial charge in [0, 0.05) is 25.7 Å². The summed E-state index contributed by atoms with van der Waals surface area (Å²) in [6.45, 7) is 10.8. The predicted molar refractivity (Wildman–Crippen MR) is 90.5 cm³/mol. The van der Waals surface area contributed by atoms with E-state index in [0.717, 1.165) is 19.6 Å². The van der Waals surface area contributed by atoms with Gasteiger partial charge >= 0.3 is 0 Å². The van der Waals surface area contributed by atoms with E-state index >= 15 is 0 Å². The largest absolute Gasteiger partial charge is 0.329 e. The van der Waals surface area contributed by atoms with Crippen LogP contribution in [0.25, 0.3) is 0 Å². The van der Waals surface area contributed by atoms with Crippen LogP contribution in [-0.2, 0) is 12.0 Å². The number of hydrogen-bond donors (Lipinski definition) is 1. The Hall–Kier alpha value is -0.900. The fraction of sp³-hybridized carbons (Fsp3) is 0.667. The molecule has 0 aliphatic carbocycles. The van der Waals surface area contributed by atoms with Gasteiger partial charge in [-0.2, -0.15) is 0 Å². The van der Waals surface area contributed by atoms with Gasteiger partial charge in [-0.05, 0) is 49.2 Å². The summed E-state index contributed by atoms with van der Waals surface area (Å²) in [6, 6.07) is 7.38. The summed E-state index contributed by atoms with van der Waals surface area (Å²) < 4.78 is 0. The Balaban J connectivity index is 2.13. The van der Waals surface area contributed by atoms with Crippen molar-refractivity contribution in [2.75, 3.05) is 33.7 Å². The van der Waals surface area contributed by atoms with Gasteiger partial charge in [-0.15, -0.1) is 0 Å². The first-order valence-corrected chi connectivity index (χ1v) is 8.05. The van der Waals surface area contributed by atoms with E-state index in [1.54, 1.807) is 0 Å². The van der Waals surface area contributed by atoms with Crippen LogP contribution in [0.4, 0.5) is 0 Å². The van der Waals surface area contributed by atoms with Gasteiger partial charge in [-0.1, -0.05) is 39.0 Å². The Kier molecular flexibility index (Phi) is 5.07. The molecule has 0 amide bonds. The summed E-state index contributed by atoms with van der Waals surface area (Å²) in [7, 11) is 4.27. The zero-order valence-electron chi connectivity index (χ0n) is 14.3. The molecule has 1 aliphatic heterocycles. The smallest absolute Gasteiger partial charge is 0.0477 e. The molecule has 0 saturated heterocycles. The highest BCUT2D eigenvalue weighted by molar-refractivity contribution is 5.40. The summed E-state index contributed by atoms with van der Waals surface area (Å²) >= 11 is 0. The van der Waals surface area contributed by atoms with Crippen molar-refractivity contribution in [2.24, 2.45) is 5.73 Å². The maximum atomic E-state index is 6.08. The van der Waals surface area contributed by atoms with Crippen molar-refractivity contribution in [3.05, 3.63) is 34.9 Å². The number of rotatable bonds is 5. The minimum Gasteiger partial charge on any atom is -0.329 e. The van der Waals surface area contributed by atoms with Crippen molar-refractivity contribution in [3.8, 4) is 0 Å². The van der Waals surface area contributed by atoms with Gasteiger partial charge in [0.2, 0.25) is 0 Å². The molecule has 0 radical (unpaired) electrons. The summed E-state index contributed by atoms with van der Waals surface area (Å²) in [5.41, 5.74) is 10.6. The molecule has 21 heavy (non-hydrogen) atoms. The van der Waals surface area contributed by atoms with Crippen LogP contribution in [0.3, 0.4) is 0 Å². The molecular formula is C18H31N3. The summed E-state index contributed by atoms with van der Waals surface area (Å²) in [5, 5.41) is 0. The molecule has 0 aromatic heterocycles. The first-order chi connectivity index (χ1) is 9.82. The van der Waals surface area contributed by atoms with Crippen LogP contribution < -0.4 is 5.73 Å². The normalized spacial score (nSPS) is 19.3. The average molecular weight is 289 g/mol. The third-order valence-electron chi connectivity index (χ3n) is 4.46. The minimum atomic E-state index is 0.201. The van der Waals surface area contributed by atoms with Crippen molar-refractivity contribution in [2.45, 2.75) is 45.2 Å². The van der Waals surface area contributed by atoms with E-state index < -0.39 is 0 Å². The van der Waals surface area contributed by atoms with Gasteiger partial charge in [0.15, 0.2) is 0 Å². The molecule has 0 bridgehead atoms. The molecule has 0 saturated carbocycles. The predicted octanol–water partition coefficient (Wildman–Crippen LogP) is 2.75. The fourth-order valence-corrected chi connectivity index (χ4v) is 3.14. The highest BCUT2D eigenvalue weighted by Crippen LogP contribution is 2.36. The van der Waals surface area contributed by atoms with Crippen molar-refractivity contribution in [1.29, 1.82) is 0 Å². The molecule has 0 fully saturated rings. The van der Waals surface area contributed by atoms with E-state index in [9.17, 15) is 0 Å². The van der Waals surface area contributed by atoms with Crippen LogP contribution in [0.2, 0.25) is 0 Å². The Labute approximate surface area is 130 Å². The van der Waals surface area contributed by atoms with Crippen molar-refractivity contribution < 1.29 is 0 Å². The van der Waals surface area contributed by atoms with E-state index in [0.29, 0.717) is 12.6 Å². The summed E-state index contributed by atoms with van der Waals surface area (Å²) in [4.78, 5) is 4.79. The lowest BCUT2D eigenvalue weighted by Gasteiger charge is -2.25. The summed E-state index contributed by atoms with van der Waals surface area (Å²) in [5.74, 6) is 0. The molecule has 1 aromatic rings. The third kappa shape index (κ3) is 3.85. The Bertz CT molecular complexity index is 474. The highest BCUT2D eigenvalue weighted by Gasteiger charge is 2.29. The molecule has 3 heteroatoms. The molecule has 1 unspecified atom stereocenters. The second-order valence-corrected chi connectivity index (χ2v) is 7.54. The number of nitrogens with two attached hydrogens (primary N) is 1. The molecule has 2 N–H and O–H groups in total. The van der Waals surface area contributed by atoms with Gasteiger partial charge in [0.05, 0.1) is 0 Å². The first-order valence-electron chi connectivity index (χ1n) is 8.05. The molecule has 1 aromatic carbocycles. The molecular weight excluding hydrogens is 258 g/mol. The summed E-state index contributed by atoms with van der Waals surface area (Å²) in [6.07, 6.45) is 1.20. The molecule has 0 spiro atoms. The molecule has 2 rings (SSSR count). The fourth-order valence-electron chi connectivity index (χ4n) is 3.14. The maximum absolute atomic E-state index is 6.08. The lowest BCUT2D eigenvalue weighted by molar-refractivity contribution is 0.208. The molecule has 1 heterocycles. The van der Waals surface area contributed by atoms with Crippen LogP contribution in [-0.4, -0.2) is 43.5 Å². The molecule has 3 nitrogen and oxygen atoms in total. The second-order valence-electron chi connectivity index (χ2n) is 7.54. The maximum Gasteiger partial charge on any atom is 0.0477 e. The average Bonchev–Trinajstić information content (AvgIpc) is 2.73. The number of benzene rings is 1. The van der Waals surface area contributed by atoms with E-state index in [2.05, 4.69) is 62.9 Å². The Morgan fingerprint density at radius 3 is 2.57 bits per heavy atom. The SMILES string of the molecule is CN(C)CCCN1Cc2ccc(C(C)(C)C)cc2C1CN. The minimum absolute atomic E-state index is 0.201. The number of nitrogens with zero attached hydrogens (tertiary/aromatic N) is 2. The second kappa shape index (κ2) is 6.47. The molecule has 1 atom stereocenters. The Morgan fingerprint density at radius 2 is 2.00 bits per heavy atom. The highest BCUT2D eigenvalue weighted by atomic mass is 15.2. The zero-order chi connectivity index (χ0) is 15.6. The van der Waals surface area contributed by atoms with Crippen molar-refractivity contribution in [3.63, 3.8) is 0 Å². The monoisotopic (exact) mass is 289 g/mol. The van der Waals surface area contributed by atoms with Gasteiger partial charge in [0.1, 0.15) is 0 Å². The number of hydrogen-bond acceptors (Lipinski definition) is 3. The van der Waals surface area contributed by atoms with E-state index in [4.69, 9.17) is 5.73 Å². The lowest BCUT2D eigenvalue weighted by Crippen LogP contribution is -2.30. The lowest BCUT2D eigenvalue weighted by atomic mass is 9.85. The van der Waals surface area contributed by atoms with Gasteiger partial charge in [0.25, 0.3) is 0 Å². The van der Waals surface area contributed by atoms with E-state index in [-0.39, 0.29) is 5.41 Å². The topological polar surface area (TPSA) is 32.5 Å². The standard InChI is InChI=1S/C18H31N3/c1-18(2,3)15-8-7-14-13-21(10-6-9-20(4)5)17(12-19)16(14)11-15/h7-8,11,17H,6,9-10,12-13,19H2,1-5H3. The van der Waals surface area contributed by atoms with Crippen molar-refractivity contribution in [1.82, 2.24) is 9.80 Å². The van der Waals surface area contributed by atoms with Gasteiger partial charge in [-0.25, -0.2) is 0 Å². The number of fused-ring (bicyclic) bond motifs is 1. The Morgan fingerprint density at radius 1 is 1.29 bits per heavy atom. The van der Waals surface area contributed by atoms with Gasteiger partial charge in [-0.3, -0.25) is 4.90 Å². The van der Waals surface area contributed by atoms with E-state index in [1.807, 2.05) is 0 Å². The first kappa shape index (κ1) is 16.5. The van der Waals surface area contributed by atoms with Crippen LogP contribution in [0.15, 0.2) is 18.2 Å². The molecule has 118 valence electrons.